The van der Waals surface area contributed by atoms with Crippen molar-refractivity contribution in [1.29, 1.82) is 0 Å². The Morgan fingerprint density at radius 3 is 2.89 bits per heavy atom. The Kier molecular flexibility index (Phi) is 3.61. The van der Waals surface area contributed by atoms with Crippen LogP contribution in [-0.4, -0.2) is 22.0 Å². The van der Waals surface area contributed by atoms with Crippen LogP contribution in [0.1, 0.15) is 21.7 Å². The number of anilines is 1. The first kappa shape index (κ1) is 12.8. The first-order valence-electron chi connectivity index (χ1n) is 5.59. The number of furan rings is 1. The van der Waals surface area contributed by atoms with E-state index in [9.17, 15) is 9.59 Å². The van der Waals surface area contributed by atoms with Gasteiger partial charge in [-0.2, -0.15) is 0 Å². The Bertz CT molecular complexity index is 619. The maximum Gasteiger partial charge on any atom is 0.311 e. The molecule has 1 amide bonds. The second-order valence-electron chi connectivity index (χ2n) is 3.95. The molecular formula is C13H12N2O4. The van der Waals surface area contributed by atoms with Gasteiger partial charge in [0.15, 0.2) is 0 Å². The number of aryl methyl sites for hydroxylation is 1. The summed E-state index contributed by atoms with van der Waals surface area (Å²) in [5.74, 6) is -0.932. The van der Waals surface area contributed by atoms with E-state index >= 15 is 0 Å². The number of nitrogens with one attached hydrogen (secondary N) is 1. The molecule has 98 valence electrons. The maximum absolute atomic E-state index is 12.0. The molecule has 0 aromatic carbocycles. The van der Waals surface area contributed by atoms with Crippen molar-refractivity contribution in [3.63, 3.8) is 0 Å². The number of pyridine rings is 1. The lowest BCUT2D eigenvalue weighted by molar-refractivity contribution is -0.136. The summed E-state index contributed by atoms with van der Waals surface area (Å²) in [7, 11) is 0. The van der Waals surface area contributed by atoms with Gasteiger partial charge in [0.1, 0.15) is 18.0 Å². The van der Waals surface area contributed by atoms with E-state index in [0.717, 1.165) is 5.56 Å². The summed E-state index contributed by atoms with van der Waals surface area (Å²) < 4.78 is 5.00. The van der Waals surface area contributed by atoms with Crippen LogP contribution in [0.25, 0.3) is 0 Å². The number of hydrogen-bond donors (Lipinski definition) is 2. The number of aliphatic carboxylic acids is 1. The third-order valence-electron chi connectivity index (χ3n) is 2.54. The number of amides is 1. The summed E-state index contributed by atoms with van der Waals surface area (Å²) in [6.45, 7) is 1.82. The second kappa shape index (κ2) is 5.34. The summed E-state index contributed by atoms with van der Waals surface area (Å²) in [5.41, 5.74) is 1.02. The molecule has 2 heterocycles. The molecule has 0 aliphatic heterocycles. The van der Waals surface area contributed by atoms with E-state index in [1.165, 1.54) is 12.3 Å². The Balaban J connectivity index is 2.19. The first-order chi connectivity index (χ1) is 9.08. The normalized spacial score (nSPS) is 10.2. The zero-order valence-corrected chi connectivity index (χ0v) is 10.2. The van der Waals surface area contributed by atoms with Crippen LogP contribution in [0.15, 0.2) is 35.1 Å². The highest BCUT2D eigenvalue weighted by molar-refractivity contribution is 6.05. The molecule has 0 saturated carbocycles. The molecule has 0 saturated heterocycles. The van der Waals surface area contributed by atoms with Crippen LogP contribution >= 0.6 is 0 Å². The van der Waals surface area contributed by atoms with E-state index < -0.39 is 11.9 Å². The molecule has 2 aromatic rings. The van der Waals surface area contributed by atoms with Gasteiger partial charge in [-0.05, 0) is 24.6 Å². The lowest BCUT2D eigenvalue weighted by Crippen LogP contribution is -2.15. The average Bonchev–Trinajstić information content (AvgIpc) is 2.79. The number of carbonyl (C=O) groups is 2. The van der Waals surface area contributed by atoms with Gasteiger partial charge in [0.25, 0.3) is 5.91 Å². The number of carbonyl (C=O) groups excluding carboxylic acids is 1. The highest BCUT2D eigenvalue weighted by atomic mass is 16.4. The smallest absolute Gasteiger partial charge is 0.311 e. The standard InChI is InChI=1S/C13H12N2O4/c1-8-3-2-5-14-12(8)15-13(18)9-4-6-19-10(9)7-11(16)17/h2-6H,7H2,1H3,(H,16,17)(H,14,15,18). The fourth-order valence-corrected chi connectivity index (χ4v) is 1.61. The molecule has 0 radical (unpaired) electrons. The van der Waals surface area contributed by atoms with Gasteiger partial charge >= 0.3 is 5.97 Å². The fourth-order valence-electron chi connectivity index (χ4n) is 1.61. The van der Waals surface area contributed by atoms with Gasteiger partial charge in [0, 0.05) is 6.20 Å². The van der Waals surface area contributed by atoms with Crippen LogP contribution in [0.2, 0.25) is 0 Å². The summed E-state index contributed by atoms with van der Waals surface area (Å²) in [5, 5.41) is 11.3. The number of carboxylic acids is 1. The van der Waals surface area contributed by atoms with Gasteiger partial charge in [-0.15, -0.1) is 0 Å². The molecule has 0 atom stereocenters. The lowest BCUT2D eigenvalue weighted by Gasteiger charge is -2.06. The zero-order valence-electron chi connectivity index (χ0n) is 10.2. The Labute approximate surface area is 109 Å². The largest absolute Gasteiger partial charge is 0.481 e. The fraction of sp³-hybridized carbons (Fsp3) is 0.154. The van der Waals surface area contributed by atoms with Gasteiger partial charge in [0.05, 0.1) is 11.8 Å². The minimum absolute atomic E-state index is 0.124. The Hall–Kier alpha value is -2.63. The van der Waals surface area contributed by atoms with E-state index in [1.807, 2.05) is 13.0 Å². The van der Waals surface area contributed by atoms with Gasteiger partial charge in [-0.25, -0.2) is 4.98 Å². The SMILES string of the molecule is Cc1cccnc1NC(=O)c1ccoc1CC(=O)O. The Morgan fingerprint density at radius 2 is 2.21 bits per heavy atom. The van der Waals surface area contributed by atoms with Crippen molar-refractivity contribution in [2.45, 2.75) is 13.3 Å². The number of carboxylic acid groups (broad SMARTS) is 1. The van der Waals surface area contributed by atoms with Crippen LogP contribution in [0.4, 0.5) is 5.82 Å². The Morgan fingerprint density at radius 1 is 1.42 bits per heavy atom. The monoisotopic (exact) mass is 260 g/mol. The number of aromatic nitrogens is 1. The van der Waals surface area contributed by atoms with Crippen molar-refractivity contribution in [2.24, 2.45) is 0 Å². The minimum atomic E-state index is -1.06. The molecule has 0 aliphatic rings. The van der Waals surface area contributed by atoms with Crippen LogP contribution in [0.5, 0.6) is 0 Å². The van der Waals surface area contributed by atoms with E-state index in [0.29, 0.717) is 5.82 Å². The van der Waals surface area contributed by atoms with Crippen LogP contribution in [0.3, 0.4) is 0 Å². The van der Waals surface area contributed by atoms with Gasteiger partial charge in [0.2, 0.25) is 0 Å². The zero-order chi connectivity index (χ0) is 13.8. The maximum atomic E-state index is 12.0. The van der Waals surface area contributed by atoms with Crippen molar-refractivity contribution in [3.8, 4) is 0 Å². The summed E-state index contributed by atoms with van der Waals surface area (Å²) in [6.07, 6.45) is 2.52. The van der Waals surface area contributed by atoms with Gasteiger partial charge in [-0.1, -0.05) is 6.07 Å². The van der Waals surface area contributed by atoms with E-state index in [-0.39, 0.29) is 17.7 Å². The van der Waals surface area contributed by atoms with E-state index in [4.69, 9.17) is 9.52 Å². The van der Waals surface area contributed by atoms with Crippen molar-refractivity contribution >= 4 is 17.7 Å². The first-order valence-corrected chi connectivity index (χ1v) is 5.59. The molecule has 0 aliphatic carbocycles. The van der Waals surface area contributed by atoms with Crippen molar-refractivity contribution in [2.75, 3.05) is 5.32 Å². The predicted molar refractivity (Wildman–Crippen MR) is 67.0 cm³/mol. The second-order valence-corrected chi connectivity index (χ2v) is 3.95. The minimum Gasteiger partial charge on any atom is -0.481 e. The summed E-state index contributed by atoms with van der Waals surface area (Å²) in [6, 6.07) is 5.01. The number of rotatable bonds is 4. The lowest BCUT2D eigenvalue weighted by atomic mass is 10.2. The molecule has 6 nitrogen and oxygen atoms in total. The molecule has 2 rings (SSSR count). The average molecular weight is 260 g/mol. The quantitative estimate of drug-likeness (QED) is 0.875. The van der Waals surface area contributed by atoms with Crippen LogP contribution in [-0.2, 0) is 11.2 Å². The number of nitrogens with zero attached hydrogens (tertiary/aromatic N) is 1. The van der Waals surface area contributed by atoms with E-state index in [1.54, 1.807) is 12.3 Å². The molecule has 19 heavy (non-hydrogen) atoms. The molecule has 0 unspecified atom stereocenters. The van der Waals surface area contributed by atoms with Crippen LogP contribution in [0, 0.1) is 6.92 Å². The highest BCUT2D eigenvalue weighted by Gasteiger charge is 2.17. The van der Waals surface area contributed by atoms with Gasteiger partial charge < -0.3 is 14.8 Å². The molecule has 0 fully saturated rings. The van der Waals surface area contributed by atoms with Crippen LogP contribution < -0.4 is 5.32 Å². The van der Waals surface area contributed by atoms with E-state index in [2.05, 4.69) is 10.3 Å². The molecule has 2 aromatic heterocycles. The molecule has 0 bridgehead atoms. The van der Waals surface area contributed by atoms with Crippen molar-refractivity contribution < 1.29 is 19.1 Å². The van der Waals surface area contributed by atoms with Crippen molar-refractivity contribution in [3.05, 3.63) is 47.5 Å². The number of hydrogen-bond acceptors (Lipinski definition) is 4. The third kappa shape index (κ3) is 2.98. The van der Waals surface area contributed by atoms with Gasteiger partial charge in [-0.3, -0.25) is 9.59 Å². The predicted octanol–water partition coefficient (Wildman–Crippen LogP) is 1.86. The third-order valence-corrected chi connectivity index (χ3v) is 2.54. The molecular weight excluding hydrogens is 248 g/mol. The topological polar surface area (TPSA) is 92.4 Å². The molecule has 0 spiro atoms. The highest BCUT2D eigenvalue weighted by Crippen LogP contribution is 2.15. The summed E-state index contributed by atoms with van der Waals surface area (Å²) in [4.78, 5) is 26.7. The van der Waals surface area contributed by atoms with Crippen molar-refractivity contribution in [1.82, 2.24) is 4.98 Å². The summed E-state index contributed by atoms with van der Waals surface area (Å²) >= 11 is 0. The molecule has 2 N–H and O–H groups in total. The molecule has 6 heteroatoms.